The number of ether oxygens (including phenoxy) is 1. The molecule has 2 aromatic carbocycles. The molecule has 1 aliphatic rings. The standard InChI is InChI=1S/C19H14ClF3N2O4S/c20-10-5-6-14-13(7-10)25-18(28)15(30-14)8-17(27)29-9-16(26)24-12-4-2-1-3-11(12)19(21,22)23/h1-7,15H,8-9H2,(H,24,26)(H,25,28). The molecule has 0 saturated heterocycles. The van der Waals surface area contributed by atoms with Crippen molar-refractivity contribution in [1.82, 2.24) is 0 Å². The topological polar surface area (TPSA) is 84.5 Å². The molecule has 0 saturated carbocycles. The number of carbonyl (C=O) groups excluding carboxylic acids is 3. The summed E-state index contributed by atoms with van der Waals surface area (Å²) in [6.07, 6.45) is -4.96. The smallest absolute Gasteiger partial charge is 0.418 e. The number of nitrogens with one attached hydrogen (secondary N) is 2. The molecule has 11 heteroatoms. The second kappa shape index (κ2) is 8.97. The van der Waals surface area contributed by atoms with E-state index in [9.17, 15) is 27.6 Å². The van der Waals surface area contributed by atoms with Crippen LogP contribution in [0.5, 0.6) is 0 Å². The molecule has 0 radical (unpaired) electrons. The normalized spacial score (nSPS) is 15.7. The van der Waals surface area contributed by atoms with Crippen molar-refractivity contribution in [2.75, 3.05) is 17.2 Å². The van der Waals surface area contributed by atoms with Crippen molar-refractivity contribution < 1.29 is 32.3 Å². The lowest BCUT2D eigenvalue weighted by molar-refractivity contribution is -0.147. The van der Waals surface area contributed by atoms with E-state index in [1.54, 1.807) is 18.2 Å². The lowest BCUT2D eigenvalue weighted by Crippen LogP contribution is -2.32. The highest BCUT2D eigenvalue weighted by molar-refractivity contribution is 8.01. The average Bonchev–Trinajstić information content (AvgIpc) is 2.67. The maximum atomic E-state index is 13.0. The zero-order valence-electron chi connectivity index (χ0n) is 15.1. The van der Waals surface area contributed by atoms with Crippen LogP contribution in [-0.2, 0) is 25.3 Å². The molecular formula is C19H14ClF3N2O4S. The minimum absolute atomic E-state index is 0.314. The van der Waals surface area contributed by atoms with Gasteiger partial charge in [0.05, 0.1) is 28.6 Å². The number of carbonyl (C=O) groups is 3. The van der Waals surface area contributed by atoms with Crippen molar-refractivity contribution in [3.05, 3.63) is 53.1 Å². The quantitative estimate of drug-likeness (QED) is 0.651. The van der Waals surface area contributed by atoms with Gasteiger partial charge in [-0.1, -0.05) is 23.7 Å². The van der Waals surface area contributed by atoms with Crippen molar-refractivity contribution in [3.63, 3.8) is 0 Å². The van der Waals surface area contributed by atoms with Gasteiger partial charge >= 0.3 is 12.1 Å². The highest BCUT2D eigenvalue weighted by Crippen LogP contribution is 2.38. The molecule has 1 aliphatic heterocycles. The first kappa shape index (κ1) is 22.0. The fraction of sp³-hybridized carbons (Fsp3) is 0.211. The van der Waals surface area contributed by atoms with Crippen molar-refractivity contribution >= 4 is 52.5 Å². The van der Waals surface area contributed by atoms with E-state index in [1.807, 2.05) is 0 Å². The number of rotatable bonds is 5. The molecule has 1 heterocycles. The van der Waals surface area contributed by atoms with E-state index in [1.165, 1.54) is 12.1 Å². The summed E-state index contributed by atoms with van der Waals surface area (Å²) in [4.78, 5) is 36.8. The third-order valence-electron chi connectivity index (χ3n) is 3.98. The number of anilines is 2. The number of para-hydroxylation sites is 1. The SMILES string of the molecule is O=C(COC(=O)CC1Sc2ccc(Cl)cc2NC1=O)Nc1ccccc1C(F)(F)F. The molecule has 1 atom stereocenters. The molecule has 0 bridgehead atoms. The summed E-state index contributed by atoms with van der Waals surface area (Å²) in [5, 5.41) is 4.38. The van der Waals surface area contributed by atoms with Gasteiger partial charge < -0.3 is 15.4 Å². The van der Waals surface area contributed by atoms with Crippen LogP contribution in [0.3, 0.4) is 0 Å². The highest BCUT2D eigenvalue weighted by atomic mass is 35.5. The van der Waals surface area contributed by atoms with Crippen LogP contribution in [0.15, 0.2) is 47.4 Å². The monoisotopic (exact) mass is 458 g/mol. The Balaban J connectivity index is 1.53. The largest absolute Gasteiger partial charge is 0.456 e. The van der Waals surface area contributed by atoms with Gasteiger partial charge in [0.1, 0.15) is 0 Å². The Bertz CT molecular complexity index is 1000. The average molecular weight is 459 g/mol. The van der Waals surface area contributed by atoms with Crippen molar-refractivity contribution in [3.8, 4) is 0 Å². The molecule has 0 aliphatic carbocycles. The van der Waals surface area contributed by atoms with Gasteiger partial charge in [0.2, 0.25) is 5.91 Å². The second-order valence-corrected chi connectivity index (χ2v) is 7.87. The van der Waals surface area contributed by atoms with Crippen LogP contribution in [-0.4, -0.2) is 29.6 Å². The second-order valence-electron chi connectivity index (χ2n) is 6.19. The predicted molar refractivity (Wildman–Crippen MR) is 105 cm³/mol. The van der Waals surface area contributed by atoms with Crippen LogP contribution < -0.4 is 10.6 Å². The number of halogens is 4. The summed E-state index contributed by atoms with van der Waals surface area (Å²) >= 11 is 7.02. The van der Waals surface area contributed by atoms with Crippen LogP contribution in [0, 0.1) is 0 Å². The molecule has 2 N–H and O–H groups in total. The minimum atomic E-state index is -4.65. The van der Waals surface area contributed by atoms with E-state index in [0.29, 0.717) is 10.7 Å². The summed E-state index contributed by atoms with van der Waals surface area (Å²) in [5.74, 6) is -2.18. The molecule has 158 valence electrons. The zero-order valence-corrected chi connectivity index (χ0v) is 16.7. The number of alkyl halides is 3. The van der Waals surface area contributed by atoms with E-state index >= 15 is 0 Å². The highest BCUT2D eigenvalue weighted by Gasteiger charge is 2.34. The lowest BCUT2D eigenvalue weighted by Gasteiger charge is -2.23. The lowest BCUT2D eigenvalue weighted by atomic mass is 10.1. The maximum Gasteiger partial charge on any atom is 0.418 e. The molecular weight excluding hydrogens is 445 g/mol. The molecule has 0 fully saturated rings. The van der Waals surface area contributed by atoms with Gasteiger partial charge in [-0.25, -0.2) is 0 Å². The Morgan fingerprint density at radius 1 is 1.20 bits per heavy atom. The molecule has 0 aromatic heterocycles. The van der Waals surface area contributed by atoms with E-state index in [-0.39, 0.29) is 6.42 Å². The Labute approximate surface area is 178 Å². The number of fused-ring (bicyclic) bond motifs is 1. The summed E-state index contributed by atoms with van der Waals surface area (Å²) in [5.41, 5.74) is -0.924. The molecule has 2 amide bonds. The van der Waals surface area contributed by atoms with Gasteiger partial charge in [-0.05, 0) is 30.3 Å². The van der Waals surface area contributed by atoms with Crippen LogP contribution in [0.25, 0.3) is 0 Å². The fourth-order valence-electron chi connectivity index (χ4n) is 2.64. The molecule has 2 aromatic rings. The van der Waals surface area contributed by atoms with E-state index in [2.05, 4.69) is 10.6 Å². The van der Waals surface area contributed by atoms with Gasteiger partial charge in [-0.15, -0.1) is 11.8 Å². The van der Waals surface area contributed by atoms with Gasteiger partial charge in [0.25, 0.3) is 5.91 Å². The van der Waals surface area contributed by atoms with E-state index < -0.39 is 47.1 Å². The van der Waals surface area contributed by atoms with Gasteiger partial charge in [0.15, 0.2) is 6.61 Å². The van der Waals surface area contributed by atoms with Gasteiger partial charge in [-0.3, -0.25) is 14.4 Å². The number of amides is 2. The molecule has 6 nitrogen and oxygen atoms in total. The van der Waals surface area contributed by atoms with Crippen LogP contribution in [0.4, 0.5) is 24.5 Å². The summed E-state index contributed by atoms with van der Waals surface area (Å²) in [6.45, 7) is -0.782. The van der Waals surface area contributed by atoms with Crippen LogP contribution in [0.1, 0.15) is 12.0 Å². The predicted octanol–water partition coefficient (Wildman–Crippen LogP) is 4.34. The zero-order chi connectivity index (χ0) is 21.9. The molecule has 1 unspecified atom stereocenters. The van der Waals surface area contributed by atoms with Crippen molar-refractivity contribution in [2.45, 2.75) is 22.7 Å². The number of esters is 1. The maximum absolute atomic E-state index is 13.0. The third-order valence-corrected chi connectivity index (χ3v) is 5.49. The molecule has 3 rings (SSSR count). The van der Waals surface area contributed by atoms with Crippen molar-refractivity contribution in [2.24, 2.45) is 0 Å². The Morgan fingerprint density at radius 2 is 1.93 bits per heavy atom. The van der Waals surface area contributed by atoms with E-state index in [0.717, 1.165) is 28.8 Å². The Kier molecular flexibility index (Phi) is 6.57. The summed E-state index contributed by atoms with van der Waals surface area (Å²) in [7, 11) is 0. The Morgan fingerprint density at radius 3 is 2.67 bits per heavy atom. The number of hydrogen-bond donors (Lipinski definition) is 2. The van der Waals surface area contributed by atoms with Crippen LogP contribution >= 0.6 is 23.4 Å². The Hall–Kier alpha value is -2.72. The summed E-state index contributed by atoms with van der Waals surface area (Å²) in [6, 6.07) is 9.37. The first-order chi connectivity index (χ1) is 14.1. The first-order valence-corrected chi connectivity index (χ1v) is 9.78. The van der Waals surface area contributed by atoms with E-state index in [4.69, 9.17) is 16.3 Å². The number of benzene rings is 2. The van der Waals surface area contributed by atoms with Gasteiger partial charge in [0, 0.05) is 9.92 Å². The first-order valence-electron chi connectivity index (χ1n) is 8.52. The van der Waals surface area contributed by atoms with Crippen LogP contribution in [0.2, 0.25) is 5.02 Å². The summed E-state index contributed by atoms with van der Waals surface area (Å²) < 4.78 is 43.7. The minimum Gasteiger partial charge on any atom is -0.456 e. The third kappa shape index (κ3) is 5.45. The molecule has 0 spiro atoms. The number of hydrogen-bond acceptors (Lipinski definition) is 5. The number of thioether (sulfide) groups is 1. The van der Waals surface area contributed by atoms with Crippen molar-refractivity contribution in [1.29, 1.82) is 0 Å². The fourth-order valence-corrected chi connectivity index (χ4v) is 3.89. The van der Waals surface area contributed by atoms with Gasteiger partial charge in [-0.2, -0.15) is 13.2 Å². The molecule has 30 heavy (non-hydrogen) atoms.